The Balaban J connectivity index is 1.14. The lowest BCUT2D eigenvalue weighted by atomic mass is 9.47. The first kappa shape index (κ1) is 24.9. The van der Waals surface area contributed by atoms with Crippen molar-refractivity contribution in [2.75, 3.05) is 6.61 Å². The summed E-state index contributed by atoms with van der Waals surface area (Å²) in [7, 11) is 0. The highest BCUT2D eigenvalue weighted by atomic mass is 16.8. The first-order valence-electron chi connectivity index (χ1n) is 14.2. The van der Waals surface area contributed by atoms with E-state index in [9.17, 15) is 25.2 Å². The molecule has 0 aromatic heterocycles. The second kappa shape index (κ2) is 8.22. The maximum absolute atomic E-state index is 12.4. The second-order valence-electron chi connectivity index (χ2n) is 13.3. The van der Waals surface area contributed by atoms with Gasteiger partial charge < -0.3 is 39.4 Å². The number of aliphatic hydroxyl groups excluding tert-OH is 2. The minimum absolute atomic E-state index is 0.0486. The molecule has 0 spiro atoms. The van der Waals surface area contributed by atoms with E-state index >= 15 is 0 Å². The van der Waals surface area contributed by atoms with Crippen LogP contribution in [0.5, 0.6) is 0 Å². The van der Waals surface area contributed by atoms with Gasteiger partial charge in [0.25, 0.3) is 0 Å². The van der Waals surface area contributed by atoms with E-state index in [2.05, 4.69) is 6.92 Å². The largest absolute Gasteiger partial charge is 0.458 e. The average molecular weight is 521 g/mol. The van der Waals surface area contributed by atoms with Crippen molar-refractivity contribution in [1.29, 1.82) is 0 Å². The lowest BCUT2D eigenvalue weighted by molar-refractivity contribution is -0.456. The van der Waals surface area contributed by atoms with Gasteiger partial charge in [-0.3, -0.25) is 0 Å². The number of hydrogen-bond acceptors (Lipinski definition) is 9. The quantitative estimate of drug-likeness (QED) is 0.299. The van der Waals surface area contributed by atoms with Crippen LogP contribution in [0.2, 0.25) is 0 Å². The van der Waals surface area contributed by atoms with Gasteiger partial charge in [0, 0.05) is 17.9 Å². The van der Waals surface area contributed by atoms with Crippen molar-refractivity contribution in [3.8, 4) is 0 Å². The molecule has 37 heavy (non-hydrogen) atoms. The molecule has 0 bridgehead atoms. The number of ether oxygens (including phenoxy) is 4. The molecule has 7 rings (SSSR count). The molecule has 9 nitrogen and oxygen atoms in total. The molecule has 3 aliphatic heterocycles. The maximum atomic E-state index is 12.4. The van der Waals surface area contributed by atoms with Gasteiger partial charge in [0.2, 0.25) is 12.1 Å². The third-order valence-electron chi connectivity index (χ3n) is 11.7. The number of carbonyl (C=O) groups is 1. The summed E-state index contributed by atoms with van der Waals surface area (Å²) in [6, 6.07) is 0. The Morgan fingerprint density at radius 1 is 0.946 bits per heavy atom. The number of esters is 1. The van der Waals surface area contributed by atoms with Gasteiger partial charge in [-0.2, -0.15) is 0 Å². The number of carbonyl (C=O) groups excluding carboxylic acids is 1. The number of fused-ring (bicyclic) bond motifs is 7. The van der Waals surface area contributed by atoms with Crippen molar-refractivity contribution in [3.05, 3.63) is 11.6 Å². The molecule has 14 atom stereocenters. The van der Waals surface area contributed by atoms with E-state index in [1.807, 2.05) is 6.92 Å². The highest BCUT2D eigenvalue weighted by Gasteiger charge is 2.70. The number of rotatable bonds is 1. The van der Waals surface area contributed by atoms with Gasteiger partial charge in [-0.25, -0.2) is 4.79 Å². The first-order chi connectivity index (χ1) is 17.5. The van der Waals surface area contributed by atoms with Crippen LogP contribution < -0.4 is 0 Å². The van der Waals surface area contributed by atoms with Gasteiger partial charge in [0.05, 0.1) is 30.0 Å². The van der Waals surface area contributed by atoms with Crippen LogP contribution >= 0.6 is 0 Å². The zero-order valence-electron chi connectivity index (χ0n) is 21.6. The SMILES string of the molecule is C[C@@H]1C[C@H](O)[C@]2(O)O[C@@H]3C[C@H]4[C@@H](CC[C@@H]5[C@@H]4CC[C@]4(C)[C@@H](C6=CC(=O)OC6)C[C@@H](O)[C@]54O)C[C@H]3O[C@@H]2O1. The Morgan fingerprint density at radius 2 is 1.76 bits per heavy atom. The van der Waals surface area contributed by atoms with Crippen LogP contribution in [0, 0.1) is 35.0 Å². The fourth-order valence-electron chi connectivity index (χ4n) is 9.88. The van der Waals surface area contributed by atoms with Crippen LogP contribution in [0.1, 0.15) is 65.2 Å². The van der Waals surface area contributed by atoms with Crippen LogP contribution in [-0.4, -0.2) is 81.2 Å². The first-order valence-corrected chi connectivity index (χ1v) is 14.2. The molecular weight excluding hydrogens is 480 g/mol. The molecule has 2 saturated heterocycles. The van der Waals surface area contributed by atoms with Crippen LogP contribution in [0.15, 0.2) is 11.6 Å². The Hall–Kier alpha value is -1.07. The number of hydrogen-bond donors (Lipinski definition) is 4. The molecule has 4 saturated carbocycles. The Labute approximate surface area is 217 Å². The zero-order chi connectivity index (χ0) is 25.9. The third kappa shape index (κ3) is 3.31. The van der Waals surface area contributed by atoms with E-state index in [1.54, 1.807) is 6.08 Å². The van der Waals surface area contributed by atoms with Gasteiger partial charge in [0.1, 0.15) is 12.7 Å². The molecule has 0 aromatic rings. The molecule has 4 N–H and O–H groups in total. The van der Waals surface area contributed by atoms with Crippen LogP contribution in [0.25, 0.3) is 0 Å². The van der Waals surface area contributed by atoms with Crippen molar-refractivity contribution in [1.82, 2.24) is 0 Å². The number of aliphatic hydroxyl groups is 4. The molecule has 0 unspecified atom stereocenters. The highest BCUT2D eigenvalue weighted by Crippen LogP contribution is 2.67. The molecule has 0 amide bonds. The van der Waals surface area contributed by atoms with Gasteiger partial charge in [-0.05, 0) is 87.0 Å². The fraction of sp³-hybridized carbons (Fsp3) is 0.893. The van der Waals surface area contributed by atoms with E-state index < -0.39 is 35.3 Å². The molecule has 3 heterocycles. The van der Waals surface area contributed by atoms with Crippen molar-refractivity contribution in [2.45, 2.75) is 113 Å². The van der Waals surface area contributed by atoms with Gasteiger partial charge in [-0.15, -0.1) is 0 Å². The van der Waals surface area contributed by atoms with E-state index in [0.717, 1.165) is 37.7 Å². The smallest absolute Gasteiger partial charge is 0.331 e. The Bertz CT molecular complexity index is 1000. The molecule has 9 heteroatoms. The summed E-state index contributed by atoms with van der Waals surface area (Å²) < 4.78 is 23.5. The van der Waals surface area contributed by atoms with E-state index in [4.69, 9.17) is 18.9 Å². The highest BCUT2D eigenvalue weighted by molar-refractivity contribution is 5.85. The minimum atomic E-state index is -1.87. The third-order valence-corrected chi connectivity index (χ3v) is 11.7. The van der Waals surface area contributed by atoms with Gasteiger partial charge >= 0.3 is 5.97 Å². The lowest BCUT2D eigenvalue weighted by Crippen LogP contribution is -2.69. The summed E-state index contributed by atoms with van der Waals surface area (Å²) in [5, 5.41) is 45.6. The summed E-state index contributed by atoms with van der Waals surface area (Å²) in [6.07, 6.45) is 3.53. The van der Waals surface area contributed by atoms with E-state index in [0.29, 0.717) is 18.8 Å². The lowest BCUT2D eigenvalue weighted by Gasteiger charge is -2.62. The summed E-state index contributed by atoms with van der Waals surface area (Å²) >= 11 is 0. The van der Waals surface area contributed by atoms with E-state index in [-0.39, 0.29) is 61.0 Å². The van der Waals surface area contributed by atoms with Gasteiger partial charge in [-0.1, -0.05) is 6.92 Å². The Morgan fingerprint density at radius 3 is 2.51 bits per heavy atom. The monoisotopic (exact) mass is 520 g/mol. The standard InChI is InChI=1S/C28H40O9/c1-13-7-23(30)28(33)25(35-13)36-20-8-14-3-4-18-16(17(14)10-21(20)37-28)5-6-26(2)19(11-22(29)27(18,26)32)15-9-24(31)34-12-15/h9,13-14,16-23,25,29-30,32-33H,3-8,10-12H2,1-2H3/t13-,14+,16-,17+,18-,19-,20-,21-,22-,23+,25+,26-,27-,28+/m1/s1. The normalized spacial score (nSPS) is 58.8. The molecule has 4 aliphatic carbocycles. The van der Waals surface area contributed by atoms with Gasteiger partial charge in [0.15, 0.2) is 0 Å². The van der Waals surface area contributed by atoms with E-state index in [1.165, 1.54) is 0 Å². The Kier molecular flexibility index (Phi) is 5.54. The van der Waals surface area contributed by atoms with Crippen molar-refractivity contribution < 1.29 is 44.2 Å². The van der Waals surface area contributed by atoms with Crippen LogP contribution in [-0.2, 0) is 23.7 Å². The summed E-state index contributed by atoms with van der Waals surface area (Å²) in [5.74, 6) is -1.42. The summed E-state index contributed by atoms with van der Waals surface area (Å²) in [4.78, 5) is 11.8. The molecule has 6 fully saturated rings. The summed E-state index contributed by atoms with van der Waals surface area (Å²) in [6.45, 7) is 4.20. The topological polar surface area (TPSA) is 135 Å². The predicted octanol–water partition coefficient (Wildman–Crippen LogP) is 1.40. The molecule has 0 aromatic carbocycles. The van der Waals surface area contributed by atoms with Crippen molar-refractivity contribution >= 4 is 5.97 Å². The predicted molar refractivity (Wildman–Crippen MR) is 128 cm³/mol. The summed E-state index contributed by atoms with van der Waals surface area (Å²) in [5.41, 5.74) is -0.857. The minimum Gasteiger partial charge on any atom is -0.458 e. The fourth-order valence-corrected chi connectivity index (χ4v) is 9.88. The van der Waals surface area contributed by atoms with Crippen molar-refractivity contribution in [2.24, 2.45) is 35.0 Å². The second-order valence-corrected chi connectivity index (χ2v) is 13.3. The molecular formula is C28H40O9. The average Bonchev–Trinajstić information content (AvgIpc) is 3.36. The number of cyclic esters (lactones) is 1. The van der Waals surface area contributed by atoms with Crippen LogP contribution in [0.4, 0.5) is 0 Å². The van der Waals surface area contributed by atoms with Crippen LogP contribution in [0.3, 0.4) is 0 Å². The zero-order valence-corrected chi connectivity index (χ0v) is 21.6. The molecule has 206 valence electrons. The molecule has 0 radical (unpaired) electrons. The maximum Gasteiger partial charge on any atom is 0.331 e. The van der Waals surface area contributed by atoms with Crippen molar-refractivity contribution in [3.63, 3.8) is 0 Å². The molecule has 7 aliphatic rings.